The Morgan fingerprint density at radius 2 is 1.64 bits per heavy atom. The molecule has 1 saturated carbocycles. The maximum absolute atomic E-state index is 13.1. The van der Waals surface area contributed by atoms with Gasteiger partial charge in [-0.2, -0.15) is 0 Å². The number of phenolic OH excluding ortho intramolecular Hbond substituents is 1. The molecule has 5 aromatic rings. The van der Waals surface area contributed by atoms with E-state index >= 15 is 0 Å². The third-order valence-electron chi connectivity index (χ3n) is 9.51. The number of aromatic nitrogens is 1. The van der Waals surface area contributed by atoms with E-state index in [4.69, 9.17) is 9.47 Å². The molecule has 1 fully saturated rings. The monoisotopic (exact) mass is 750 g/mol. The maximum atomic E-state index is 13.1. The summed E-state index contributed by atoms with van der Waals surface area (Å²) < 4.78 is 11.4. The van der Waals surface area contributed by atoms with Crippen LogP contribution in [-0.4, -0.2) is 75.0 Å². The number of rotatable bonds is 16. The third kappa shape index (κ3) is 8.78. The second kappa shape index (κ2) is 16.8. The molecule has 1 aromatic heterocycles. The average Bonchev–Trinajstić information content (AvgIpc) is 3.17. The Labute approximate surface area is 315 Å². The fraction of sp³-hybridized carbons (Fsp3) is 0.268. The first-order chi connectivity index (χ1) is 26.5. The Morgan fingerprint density at radius 3 is 2.38 bits per heavy atom. The largest absolute Gasteiger partial charge is 0.506 e. The Kier molecular flexibility index (Phi) is 11.8. The molecule has 4 aromatic carbocycles. The number of hydrogen-bond acceptors (Lipinski definition) is 10. The number of carbonyl (C=O) groups excluding carboxylic acids is 2. The van der Waals surface area contributed by atoms with Gasteiger partial charge in [0.1, 0.15) is 17.2 Å². The number of hydrogen-bond donors (Lipinski definition) is 8. The smallest absolute Gasteiger partial charge is 0.345 e. The van der Waals surface area contributed by atoms with Crippen molar-refractivity contribution in [2.75, 3.05) is 19.8 Å². The maximum Gasteiger partial charge on any atom is 0.345 e. The number of fused-ring (bicyclic) bond motifs is 1. The highest BCUT2D eigenvalue weighted by Crippen LogP contribution is 2.33. The van der Waals surface area contributed by atoms with Gasteiger partial charge in [0.05, 0.1) is 18.2 Å². The molecule has 286 valence electrons. The van der Waals surface area contributed by atoms with E-state index in [1.165, 1.54) is 36.4 Å². The summed E-state index contributed by atoms with van der Waals surface area (Å²) in [5.41, 5.74) is -0.429. The van der Waals surface area contributed by atoms with Crippen LogP contribution in [0.15, 0.2) is 102 Å². The Morgan fingerprint density at radius 1 is 0.891 bits per heavy atom. The number of aromatic amines is 1. The second-order valence-electron chi connectivity index (χ2n) is 13.3. The molecule has 1 heterocycles. The predicted molar refractivity (Wildman–Crippen MR) is 202 cm³/mol. The number of carboxylic acids is 1. The van der Waals surface area contributed by atoms with Crippen molar-refractivity contribution in [2.24, 2.45) is 0 Å². The summed E-state index contributed by atoms with van der Waals surface area (Å²) >= 11 is 0. The summed E-state index contributed by atoms with van der Waals surface area (Å²) in [4.78, 5) is 52.2. The van der Waals surface area contributed by atoms with Crippen LogP contribution in [0, 0.1) is 0 Å². The third-order valence-corrected chi connectivity index (χ3v) is 9.51. The van der Waals surface area contributed by atoms with Gasteiger partial charge in [-0.15, -0.1) is 0 Å². The van der Waals surface area contributed by atoms with Crippen molar-refractivity contribution in [3.8, 4) is 17.2 Å². The molecule has 0 aliphatic heterocycles. The summed E-state index contributed by atoms with van der Waals surface area (Å²) in [7, 11) is 0. The molecule has 0 bridgehead atoms. The number of benzene rings is 4. The lowest BCUT2D eigenvalue weighted by Gasteiger charge is -2.36. The number of phenols is 1. The highest BCUT2D eigenvalue weighted by Gasteiger charge is 2.40. The highest BCUT2D eigenvalue weighted by molar-refractivity contribution is 5.95. The molecule has 6 rings (SSSR count). The van der Waals surface area contributed by atoms with E-state index in [2.05, 4.69) is 20.9 Å². The van der Waals surface area contributed by atoms with Crippen LogP contribution < -0.4 is 31.0 Å². The van der Waals surface area contributed by atoms with Crippen molar-refractivity contribution in [3.63, 3.8) is 0 Å². The van der Waals surface area contributed by atoms with E-state index in [9.17, 15) is 39.6 Å². The Hall–Kier alpha value is -6.22. The fourth-order valence-corrected chi connectivity index (χ4v) is 6.58. The van der Waals surface area contributed by atoms with E-state index in [0.717, 1.165) is 5.56 Å². The van der Waals surface area contributed by atoms with Gasteiger partial charge < -0.3 is 50.8 Å². The number of amides is 2. The first-order valence-corrected chi connectivity index (χ1v) is 17.8. The van der Waals surface area contributed by atoms with Gasteiger partial charge in [0.25, 0.3) is 11.8 Å². The van der Waals surface area contributed by atoms with Gasteiger partial charge in [-0.25, -0.2) is 4.79 Å². The van der Waals surface area contributed by atoms with Crippen LogP contribution in [0.25, 0.3) is 10.9 Å². The van der Waals surface area contributed by atoms with E-state index < -0.39 is 17.7 Å². The SMILES string of the molecule is CCOc1cc(C(=O)N[C@H]2C[C@H](NC(=O)COc3cccc([C@](O)(C(=O)O)c4ccccc4)c3)C2)ccc1CNC[C@H](O)c1ccc(O)c2[nH]c(=O)ccc12. The molecule has 8 N–H and O–H groups in total. The second-order valence-corrected chi connectivity index (χ2v) is 13.3. The number of carboxylic acid groups (broad SMARTS) is 1. The van der Waals surface area contributed by atoms with Crippen molar-refractivity contribution in [1.29, 1.82) is 0 Å². The Bertz CT molecular complexity index is 2240. The van der Waals surface area contributed by atoms with Crippen molar-refractivity contribution < 1.29 is 44.3 Å². The van der Waals surface area contributed by atoms with Gasteiger partial charge in [-0.3, -0.25) is 14.4 Å². The van der Waals surface area contributed by atoms with Crippen LogP contribution in [0.5, 0.6) is 17.2 Å². The predicted octanol–water partition coefficient (Wildman–Crippen LogP) is 3.23. The number of nitrogens with one attached hydrogen (secondary N) is 4. The van der Waals surface area contributed by atoms with E-state index in [-0.39, 0.29) is 70.8 Å². The fourth-order valence-electron chi connectivity index (χ4n) is 6.58. The number of aliphatic carboxylic acids is 1. The molecule has 0 radical (unpaired) electrons. The number of aliphatic hydroxyl groups excluding tert-OH is 1. The number of aromatic hydroxyl groups is 1. The number of pyridine rings is 1. The van der Waals surface area contributed by atoms with Gasteiger partial charge in [0.15, 0.2) is 6.61 Å². The average molecular weight is 751 g/mol. The summed E-state index contributed by atoms with van der Waals surface area (Å²) in [6.45, 7) is 2.37. The van der Waals surface area contributed by atoms with Gasteiger partial charge in [0.2, 0.25) is 11.2 Å². The Balaban J connectivity index is 0.967. The van der Waals surface area contributed by atoms with Crippen LogP contribution in [0.1, 0.15) is 58.5 Å². The normalized spacial score (nSPS) is 16.6. The van der Waals surface area contributed by atoms with Crippen LogP contribution in [0.4, 0.5) is 0 Å². The molecule has 55 heavy (non-hydrogen) atoms. The number of ether oxygens (including phenoxy) is 2. The van der Waals surface area contributed by atoms with Gasteiger partial charge in [-0.05, 0) is 67.3 Å². The van der Waals surface area contributed by atoms with E-state index in [1.807, 2.05) is 6.92 Å². The van der Waals surface area contributed by atoms with Crippen molar-refractivity contribution in [3.05, 3.63) is 135 Å². The lowest BCUT2D eigenvalue weighted by molar-refractivity contribution is -0.155. The minimum atomic E-state index is -2.30. The summed E-state index contributed by atoms with van der Waals surface area (Å²) in [6, 6.07) is 24.7. The quantitative estimate of drug-likeness (QED) is 0.0732. The first kappa shape index (κ1) is 38.5. The van der Waals surface area contributed by atoms with Crippen LogP contribution in [0.2, 0.25) is 0 Å². The van der Waals surface area contributed by atoms with Crippen molar-refractivity contribution in [1.82, 2.24) is 20.9 Å². The van der Waals surface area contributed by atoms with E-state index in [0.29, 0.717) is 48.3 Å². The molecular weight excluding hydrogens is 708 g/mol. The minimum Gasteiger partial charge on any atom is -0.506 e. The molecule has 2 atom stereocenters. The zero-order valence-corrected chi connectivity index (χ0v) is 30.0. The number of aliphatic hydroxyl groups is 2. The molecule has 14 nitrogen and oxygen atoms in total. The van der Waals surface area contributed by atoms with Gasteiger partial charge >= 0.3 is 5.97 Å². The lowest BCUT2D eigenvalue weighted by Crippen LogP contribution is -2.54. The van der Waals surface area contributed by atoms with Crippen LogP contribution in [0.3, 0.4) is 0 Å². The lowest BCUT2D eigenvalue weighted by atomic mass is 9.86. The zero-order chi connectivity index (χ0) is 39.1. The van der Waals surface area contributed by atoms with Crippen LogP contribution in [-0.2, 0) is 21.7 Å². The minimum absolute atomic E-state index is 0.0817. The summed E-state index contributed by atoms with van der Waals surface area (Å²) in [5, 5.41) is 51.6. The van der Waals surface area contributed by atoms with Crippen LogP contribution >= 0.6 is 0 Å². The molecule has 0 unspecified atom stereocenters. The molecule has 0 saturated heterocycles. The highest BCUT2D eigenvalue weighted by atomic mass is 16.5. The number of carbonyl (C=O) groups is 3. The van der Waals surface area contributed by atoms with Crippen molar-refractivity contribution in [2.45, 2.75) is 50.1 Å². The molecule has 2 amide bonds. The van der Waals surface area contributed by atoms with Gasteiger partial charge in [0, 0.05) is 53.3 Å². The summed E-state index contributed by atoms with van der Waals surface area (Å²) in [5.74, 6) is -1.48. The standard InChI is InChI=1S/C41H42N4O10/c1-2-54-35-17-24(11-12-25(35)21-42-22-34(47)31-13-15-33(46)38-32(31)14-16-36(48)45-38)39(50)44-29-19-28(20-29)43-37(49)23-55-30-10-6-9-27(18-30)41(53,40(51)52)26-7-4-3-5-8-26/h3-18,28-29,34,42,46-47,53H,2,19-23H2,1H3,(H,43,49)(H,44,50)(H,45,48)(H,51,52)/t28-,29-,34-,41-/m0/s1. The molecule has 0 spiro atoms. The van der Waals surface area contributed by atoms with Crippen molar-refractivity contribution >= 4 is 28.7 Å². The molecular formula is C41H42N4O10. The summed E-state index contributed by atoms with van der Waals surface area (Å²) in [6.07, 6.45) is 0.0962. The molecule has 1 aliphatic rings. The molecule has 1 aliphatic carbocycles. The first-order valence-electron chi connectivity index (χ1n) is 17.8. The number of H-pyrrole nitrogens is 1. The molecule has 14 heteroatoms. The van der Waals surface area contributed by atoms with E-state index in [1.54, 1.807) is 60.7 Å². The van der Waals surface area contributed by atoms with Gasteiger partial charge in [-0.1, -0.05) is 54.6 Å². The topological polar surface area (TPSA) is 220 Å². The zero-order valence-electron chi connectivity index (χ0n) is 30.0.